The first-order valence-electron chi connectivity index (χ1n) is 7.31. The lowest BCUT2D eigenvalue weighted by Gasteiger charge is -2.11. The van der Waals surface area contributed by atoms with Gasteiger partial charge in [0.1, 0.15) is 5.75 Å². The summed E-state index contributed by atoms with van der Waals surface area (Å²) in [6.45, 7) is 8.01. The van der Waals surface area contributed by atoms with E-state index in [-0.39, 0.29) is 0 Å². The molecule has 1 aromatic carbocycles. The van der Waals surface area contributed by atoms with Gasteiger partial charge >= 0.3 is 0 Å². The Hall–Kier alpha value is -1.52. The van der Waals surface area contributed by atoms with Crippen molar-refractivity contribution in [1.29, 1.82) is 0 Å². The van der Waals surface area contributed by atoms with Gasteiger partial charge in [0.25, 0.3) is 0 Å². The van der Waals surface area contributed by atoms with Gasteiger partial charge in [0.2, 0.25) is 0 Å². The Balaban J connectivity index is 2.13. The molecule has 4 nitrogen and oxygen atoms in total. The summed E-state index contributed by atoms with van der Waals surface area (Å²) < 4.78 is 7.82. The van der Waals surface area contributed by atoms with E-state index in [1.54, 1.807) is 6.20 Å². The van der Waals surface area contributed by atoms with Gasteiger partial charge in [0, 0.05) is 23.2 Å². The quantitative estimate of drug-likeness (QED) is 0.770. The summed E-state index contributed by atoms with van der Waals surface area (Å²) in [4.78, 5) is 0. The van der Waals surface area contributed by atoms with Crippen molar-refractivity contribution in [2.24, 2.45) is 0 Å². The topological polar surface area (TPSA) is 39.1 Å². The Bertz CT molecular complexity index is 581. The van der Waals surface area contributed by atoms with E-state index in [2.05, 4.69) is 31.2 Å². The van der Waals surface area contributed by atoms with Gasteiger partial charge < -0.3 is 10.1 Å². The van der Waals surface area contributed by atoms with Crippen LogP contribution in [0.15, 0.2) is 30.6 Å². The number of ether oxygens (including phenoxy) is 1. The molecule has 0 spiro atoms. The Kier molecular flexibility index (Phi) is 5.65. The van der Waals surface area contributed by atoms with E-state index in [0.717, 1.165) is 36.6 Å². The second kappa shape index (κ2) is 7.48. The fourth-order valence-electron chi connectivity index (χ4n) is 1.97. The van der Waals surface area contributed by atoms with Crippen molar-refractivity contribution in [3.05, 3.63) is 41.2 Å². The molecule has 1 N–H and O–H groups in total. The predicted octanol–water partition coefficient (Wildman–Crippen LogP) is 4.41. The molecule has 0 radical (unpaired) electrons. The molecule has 5 heteroatoms. The Morgan fingerprint density at radius 3 is 2.86 bits per heavy atom. The number of nitrogens with one attached hydrogen (secondary N) is 1. The monoisotopic (exact) mass is 307 g/mol. The highest BCUT2D eigenvalue weighted by Gasteiger charge is 2.08. The molecule has 1 heterocycles. The maximum absolute atomic E-state index is 6.08. The number of hydrogen-bond donors (Lipinski definition) is 1. The number of aromatic nitrogens is 2. The van der Waals surface area contributed by atoms with Crippen LogP contribution in [0.3, 0.4) is 0 Å². The molecule has 0 bridgehead atoms. The molecule has 0 unspecified atom stereocenters. The lowest BCUT2D eigenvalue weighted by atomic mass is 10.2. The minimum Gasteiger partial charge on any atom is -0.454 e. The third-order valence-electron chi connectivity index (χ3n) is 3.10. The summed E-state index contributed by atoms with van der Waals surface area (Å²) in [5.74, 6) is 1.55. The van der Waals surface area contributed by atoms with Crippen molar-refractivity contribution < 1.29 is 4.74 Å². The van der Waals surface area contributed by atoms with Crippen LogP contribution in [0.1, 0.15) is 38.8 Å². The summed E-state index contributed by atoms with van der Waals surface area (Å²) in [6, 6.07) is 6.00. The molecule has 0 aliphatic rings. The fraction of sp³-hybridized carbons (Fsp3) is 0.438. The van der Waals surface area contributed by atoms with Crippen LogP contribution in [0, 0.1) is 0 Å². The molecule has 0 aliphatic heterocycles. The van der Waals surface area contributed by atoms with Crippen LogP contribution >= 0.6 is 11.6 Å². The molecule has 21 heavy (non-hydrogen) atoms. The molecular formula is C16H22ClN3O. The summed E-state index contributed by atoms with van der Waals surface area (Å²) >= 11 is 6.08. The van der Waals surface area contributed by atoms with E-state index in [4.69, 9.17) is 16.3 Å². The molecule has 114 valence electrons. The molecule has 1 aromatic heterocycles. The van der Waals surface area contributed by atoms with Crippen molar-refractivity contribution in [3.8, 4) is 11.5 Å². The van der Waals surface area contributed by atoms with Gasteiger partial charge in [-0.3, -0.25) is 4.68 Å². The van der Waals surface area contributed by atoms with Crippen LogP contribution in [0.4, 0.5) is 0 Å². The highest BCUT2D eigenvalue weighted by Crippen LogP contribution is 2.28. The van der Waals surface area contributed by atoms with E-state index in [9.17, 15) is 0 Å². The van der Waals surface area contributed by atoms with E-state index >= 15 is 0 Å². The maximum atomic E-state index is 6.08. The van der Waals surface area contributed by atoms with Crippen molar-refractivity contribution >= 4 is 11.6 Å². The van der Waals surface area contributed by atoms with Gasteiger partial charge in [-0.1, -0.05) is 18.5 Å². The zero-order chi connectivity index (χ0) is 15.2. The predicted molar refractivity (Wildman–Crippen MR) is 86.1 cm³/mol. The Morgan fingerprint density at radius 1 is 1.38 bits per heavy atom. The molecule has 0 amide bonds. The molecule has 0 aliphatic carbocycles. The van der Waals surface area contributed by atoms with Gasteiger partial charge in [-0.15, -0.1) is 0 Å². The van der Waals surface area contributed by atoms with Gasteiger partial charge in [-0.2, -0.15) is 5.10 Å². The summed E-state index contributed by atoms with van der Waals surface area (Å²) in [5, 5.41) is 8.37. The zero-order valence-electron chi connectivity index (χ0n) is 12.8. The van der Waals surface area contributed by atoms with Crippen molar-refractivity contribution in [2.75, 3.05) is 6.54 Å². The molecule has 0 atom stereocenters. The second-order valence-electron chi connectivity index (χ2n) is 5.28. The van der Waals surface area contributed by atoms with Crippen LogP contribution in [0.25, 0.3) is 0 Å². The number of halogens is 1. The molecule has 0 saturated carbocycles. The smallest absolute Gasteiger partial charge is 0.165 e. The second-order valence-corrected chi connectivity index (χ2v) is 5.72. The highest BCUT2D eigenvalue weighted by molar-refractivity contribution is 6.30. The summed E-state index contributed by atoms with van der Waals surface area (Å²) in [7, 11) is 0. The average Bonchev–Trinajstić information content (AvgIpc) is 2.91. The first-order chi connectivity index (χ1) is 10.1. The van der Waals surface area contributed by atoms with Crippen molar-refractivity contribution in [1.82, 2.24) is 15.1 Å². The number of rotatable bonds is 7. The van der Waals surface area contributed by atoms with E-state index < -0.39 is 0 Å². The van der Waals surface area contributed by atoms with Gasteiger partial charge in [-0.05, 0) is 45.0 Å². The fourth-order valence-corrected chi connectivity index (χ4v) is 2.16. The molecule has 0 fully saturated rings. The van der Waals surface area contributed by atoms with Crippen LogP contribution in [0.5, 0.6) is 11.5 Å². The third kappa shape index (κ3) is 4.48. The minimum atomic E-state index is 0.318. The summed E-state index contributed by atoms with van der Waals surface area (Å²) in [6.07, 6.45) is 4.73. The zero-order valence-corrected chi connectivity index (χ0v) is 13.5. The SMILES string of the molecule is CCCNCc1cc(Cl)ccc1Oc1cnn(C(C)C)c1. The van der Waals surface area contributed by atoms with Crippen LogP contribution < -0.4 is 10.1 Å². The number of hydrogen-bond acceptors (Lipinski definition) is 3. The van der Waals surface area contributed by atoms with E-state index in [1.807, 2.05) is 29.1 Å². The molecular weight excluding hydrogens is 286 g/mol. The highest BCUT2D eigenvalue weighted by atomic mass is 35.5. The van der Waals surface area contributed by atoms with Gasteiger partial charge in [0.15, 0.2) is 5.75 Å². The normalized spacial score (nSPS) is 11.1. The van der Waals surface area contributed by atoms with Gasteiger partial charge in [-0.25, -0.2) is 0 Å². The van der Waals surface area contributed by atoms with Crippen LogP contribution in [0.2, 0.25) is 5.02 Å². The third-order valence-corrected chi connectivity index (χ3v) is 3.33. The van der Waals surface area contributed by atoms with Crippen LogP contribution in [-0.2, 0) is 6.54 Å². The Morgan fingerprint density at radius 2 is 2.19 bits per heavy atom. The minimum absolute atomic E-state index is 0.318. The maximum Gasteiger partial charge on any atom is 0.165 e. The largest absolute Gasteiger partial charge is 0.454 e. The van der Waals surface area contributed by atoms with Gasteiger partial charge in [0.05, 0.1) is 12.4 Å². The molecule has 0 saturated heterocycles. The molecule has 2 rings (SSSR count). The molecule has 2 aromatic rings. The number of benzene rings is 1. The van der Waals surface area contributed by atoms with E-state index in [0.29, 0.717) is 11.1 Å². The Labute approximate surface area is 131 Å². The average molecular weight is 308 g/mol. The number of nitrogens with zero attached hydrogens (tertiary/aromatic N) is 2. The lowest BCUT2D eigenvalue weighted by Crippen LogP contribution is -2.14. The van der Waals surface area contributed by atoms with Crippen LogP contribution in [-0.4, -0.2) is 16.3 Å². The first-order valence-corrected chi connectivity index (χ1v) is 7.69. The van der Waals surface area contributed by atoms with Crippen molar-refractivity contribution in [2.45, 2.75) is 39.8 Å². The first kappa shape index (κ1) is 15.9. The van der Waals surface area contributed by atoms with E-state index in [1.165, 1.54) is 0 Å². The standard InChI is InChI=1S/C16H22ClN3O/c1-4-7-18-9-13-8-14(17)5-6-16(13)21-15-10-19-20(11-15)12(2)3/h5-6,8,10-12,18H,4,7,9H2,1-3H3. The van der Waals surface area contributed by atoms with Crippen molar-refractivity contribution in [3.63, 3.8) is 0 Å². The summed E-state index contributed by atoms with van der Waals surface area (Å²) in [5.41, 5.74) is 1.05. The lowest BCUT2D eigenvalue weighted by molar-refractivity contribution is 0.468.